The molecular weight excluding hydrogens is 344 g/mol. The number of amides is 2. The molecule has 128 valence electrons. The topological polar surface area (TPSA) is 84.0 Å². The molecule has 0 fully saturated rings. The summed E-state index contributed by atoms with van der Waals surface area (Å²) in [5.41, 5.74) is 1.89. The number of hydrogen-bond acceptors (Lipinski definition) is 6. The van der Waals surface area contributed by atoms with Crippen molar-refractivity contribution < 1.29 is 9.59 Å². The summed E-state index contributed by atoms with van der Waals surface area (Å²) >= 11 is 2.63. The second-order valence-corrected chi connectivity index (χ2v) is 7.55. The van der Waals surface area contributed by atoms with E-state index in [2.05, 4.69) is 20.8 Å². The molecule has 0 aliphatic rings. The van der Waals surface area contributed by atoms with Gasteiger partial charge in [0.2, 0.25) is 16.9 Å². The quantitative estimate of drug-likeness (QED) is 0.788. The van der Waals surface area contributed by atoms with Crippen LogP contribution in [-0.2, 0) is 9.59 Å². The molecule has 1 aromatic carbocycles. The van der Waals surface area contributed by atoms with E-state index in [1.54, 1.807) is 0 Å². The summed E-state index contributed by atoms with van der Waals surface area (Å²) in [7, 11) is 0. The summed E-state index contributed by atoms with van der Waals surface area (Å²) in [6.07, 6.45) is 0. The molecule has 0 bridgehead atoms. The predicted octanol–water partition coefficient (Wildman–Crippen LogP) is 3.28. The molecule has 8 heteroatoms. The Kier molecular flexibility index (Phi) is 6.74. The monoisotopic (exact) mass is 364 g/mol. The Bertz CT molecular complexity index is 698. The first-order valence-electron chi connectivity index (χ1n) is 7.51. The second kappa shape index (κ2) is 8.79. The van der Waals surface area contributed by atoms with Crippen molar-refractivity contribution in [3.05, 3.63) is 34.8 Å². The molecular formula is C16H20N4O2S2. The van der Waals surface area contributed by atoms with Gasteiger partial charge in [-0.1, -0.05) is 42.9 Å². The zero-order valence-corrected chi connectivity index (χ0v) is 15.5. The van der Waals surface area contributed by atoms with Gasteiger partial charge in [0.05, 0.1) is 11.5 Å². The molecule has 2 N–H and O–H groups in total. The first-order chi connectivity index (χ1) is 11.4. The van der Waals surface area contributed by atoms with Gasteiger partial charge in [-0.25, -0.2) is 0 Å². The lowest BCUT2D eigenvalue weighted by molar-refractivity contribution is -0.114. The molecule has 6 nitrogen and oxygen atoms in total. The molecule has 0 radical (unpaired) electrons. The lowest BCUT2D eigenvalue weighted by atomic mass is 10.2. The minimum absolute atomic E-state index is 0.130. The van der Waals surface area contributed by atoms with Gasteiger partial charge >= 0.3 is 0 Å². The highest BCUT2D eigenvalue weighted by Crippen LogP contribution is 2.22. The van der Waals surface area contributed by atoms with E-state index in [4.69, 9.17) is 0 Å². The van der Waals surface area contributed by atoms with Gasteiger partial charge in [0.15, 0.2) is 0 Å². The summed E-state index contributed by atoms with van der Waals surface area (Å²) in [5, 5.41) is 14.8. The van der Waals surface area contributed by atoms with E-state index in [9.17, 15) is 9.59 Å². The van der Waals surface area contributed by atoms with Gasteiger partial charge in [0, 0.05) is 11.6 Å². The van der Waals surface area contributed by atoms with Gasteiger partial charge in [-0.05, 0) is 19.1 Å². The molecule has 1 aromatic heterocycles. The summed E-state index contributed by atoms with van der Waals surface area (Å²) in [6, 6.07) is 7.58. The van der Waals surface area contributed by atoms with Gasteiger partial charge in [0.25, 0.3) is 0 Å². The molecule has 0 aliphatic heterocycles. The predicted molar refractivity (Wildman–Crippen MR) is 99.8 cm³/mol. The number of anilines is 2. The lowest BCUT2D eigenvalue weighted by Gasteiger charge is -2.05. The third-order valence-electron chi connectivity index (χ3n) is 2.98. The van der Waals surface area contributed by atoms with Crippen LogP contribution in [0.5, 0.6) is 0 Å². The number of benzene rings is 1. The Hall–Kier alpha value is -1.93. The highest BCUT2D eigenvalue weighted by molar-refractivity contribution is 8.00. The van der Waals surface area contributed by atoms with Crippen LogP contribution >= 0.6 is 23.1 Å². The van der Waals surface area contributed by atoms with Crippen molar-refractivity contribution in [1.29, 1.82) is 0 Å². The van der Waals surface area contributed by atoms with E-state index >= 15 is 0 Å². The van der Waals surface area contributed by atoms with E-state index in [0.717, 1.165) is 16.3 Å². The maximum absolute atomic E-state index is 11.8. The molecule has 0 saturated heterocycles. The summed E-state index contributed by atoms with van der Waals surface area (Å²) in [6.45, 7) is 6.03. The molecule has 0 spiro atoms. The fourth-order valence-corrected chi connectivity index (χ4v) is 3.12. The van der Waals surface area contributed by atoms with Crippen LogP contribution in [0.1, 0.15) is 30.3 Å². The largest absolute Gasteiger partial charge is 0.325 e. The van der Waals surface area contributed by atoms with Crippen molar-refractivity contribution in [3.8, 4) is 0 Å². The van der Waals surface area contributed by atoms with Crippen molar-refractivity contribution in [2.24, 2.45) is 0 Å². The van der Waals surface area contributed by atoms with Crippen LogP contribution in [0.2, 0.25) is 0 Å². The van der Waals surface area contributed by atoms with Crippen LogP contribution in [0.3, 0.4) is 0 Å². The second-order valence-electron chi connectivity index (χ2n) is 5.56. The first kappa shape index (κ1) is 18.4. The molecule has 0 aliphatic carbocycles. The number of carbonyl (C=O) groups excluding carboxylic acids is 2. The van der Waals surface area contributed by atoms with Gasteiger partial charge in [-0.15, -0.1) is 22.0 Å². The van der Waals surface area contributed by atoms with Crippen LogP contribution < -0.4 is 10.6 Å². The molecule has 2 amide bonds. The summed E-state index contributed by atoms with van der Waals surface area (Å²) in [4.78, 5) is 23.7. The minimum Gasteiger partial charge on any atom is -0.325 e. The van der Waals surface area contributed by atoms with Crippen molar-refractivity contribution in [2.75, 3.05) is 22.1 Å². The Morgan fingerprint density at radius 2 is 1.71 bits per heavy atom. The van der Waals surface area contributed by atoms with Crippen molar-refractivity contribution in [1.82, 2.24) is 10.2 Å². The van der Waals surface area contributed by atoms with Crippen LogP contribution in [0.15, 0.2) is 24.3 Å². The van der Waals surface area contributed by atoms with Crippen LogP contribution in [0.4, 0.5) is 10.8 Å². The molecule has 2 rings (SSSR count). The third-order valence-corrected chi connectivity index (χ3v) is 5.05. The van der Waals surface area contributed by atoms with Crippen LogP contribution in [0.25, 0.3) is 0 Å². The molecule has 24 heavy (non-hydrogen) atoms. The number of carbonyl (C=O) groups is 2. The maximum atomic E-state index is 11.8. The Morgan fingerprint density at radius 3 is 2.29 bits per heavy atom. The third kappa shape index (κ3) is 5.93. The fraction of sp³-hybridized carbons (Fsp3) is 0.375. The highest BCUT2D eigenvalue weighted by atomic mass is 32.2. The fourth-order valence-electron chi connectivity index (χ4n) is 1.74. The molecule has 1 heterocycles. The summed E-state index contributed by atoms with van der Waals surface area (Å²) < 4.78 is 0. The number of thioether (sulfide) groups is 1. The Balaban J connectivity index is 1.69. The SMILES string of the molecule is Cc1ccc(NC(=O)CSCC(=O)Nc2nnc(C(C)C)s2)cc1. The van der Waals surface area contributed by atoms with E-state index in [0.29, 0.717) is 5.13 Å². The average molecular weight is 364 g/mol. The highest BCUT2D eigenvalue weighted by Gasteiger charge is 2.11. The van der Waals surface area contributed by atoms with E-state index in [1.807, 2.05) is 45.0 Å². The molecule has 0 unspecified atom stereocenters. The van der Waals surface area contributed by atoms with E-state index in [1.165, 1.54) is 23.1 Å². The van der Waals surface area contributed by atoms with Crippen molar-refractivity contribution in [2.45, 2.75) is 26.7 Å². The lowest BCUT2D eigenvalue weighted by Crippen LogP contribution is -2.18. The average Bonchev–Trinajstić information content (AvgIpc) is 2.98. The number of hydrogen-bond donors (Lipinski definition) is 2. The van der Waals surface area contributed by atoms with Crippen LogP contribution in [0, 0.1) is 6.92 Å². The van der Waals surface area contributed by atoms with Gasteiger partial charge in [-0.3, -0.25) is 14.9 Å². The van der Waals surface area contributed by atoms with Gasteiger partial charge in [0.1, 0.15) is 5.01 Å². The van der Waals surface area contributed by atoms with Gasteiger partial charge in [-0.2, -0.15) is 0 Å². The van der Waals surface area contributed by atoms with Crippen LogP contribution in [-0.4, -0.2) is 33.5 Å². The Labute approximate surface area is 149 Å². The number of rotatable bonds is 7. The van der Waals surface area contributed by atoms with Gasteiger partial charge < -0.3 is 5.32 Å². The number of aryl methyl sites for hydroxylation is 1. The smallest absolute Gasteiger partial charge is 0.236 e. The first-order valence-corrected chi connectivity index (χ1v) is 9.48. The van der Waals surface area contributed by atoms with Crippen molar-refractivity contribution in [3.63, 3.8) is 0 Å². The number of nitrogens with one attached hydrogen (secondary N) is 2. The zero-order chi connectivity index (χ0) is 17.5. The van der Waals surface area contributed by atoms with Crippen molar-refractivity contribution >= 4 is 45.7 Å². The molecule has 0 saturated carbocycles. The minimum atomic E-state index is -0.186. The molecule has 0 atom stereocenters. The number of aromatic nitrogens is 2. The Morgan fingerprint density at radius 1 is 1.08 bits per heavy atom. The normalized spacial score (nSPS) is 10.7. The van der Waals surface area contributed by atoms with E-state index in [-0.39, 0.29) is 29.2 Å². The van der Waals surface area contributed by atoms with E-state index < -0.39 is 0 Å². The molecule has 2 aromatic rings. The standard InChI is InChI=1S/C16H20N4O2S2/c1-10(2)15-19-20-16(24-15)18-14(22)9-23-8-13(21)17-12-6-4-11(3)5-7-12/h4-7,10H,8-9H2,1-3H3,(H,17,21)(H,18,20,22). The number of nitrogens with zero attached hydrogens (tertiary/aromatic N) is 2. The summed E-state index contributed by atoms with van der Waals surface area (Å²) in [5.74, 6) is 0.379. The zero-order valence-electron chi connectivity index (χ0n) is 13.8. The maximum Gasteiger partial charge on any atom is 0.236 e.